The molecule has 116 valence electrons. The summed E-state index contributed by atoms with van der Waals surface area (Å²) < 4.78 is 0. The largest absolute Gasteiger partial charge is 0.357 e. The highest BCUT2D eigenvalue weighted by atomic mass is 15.4. The first-order valence-electron chi connectivity index (χ1n) is 8.24. The summed E-state index contributed by atoms with van der Waals surface area (Å²) in [6.45, 7) is 6.52. The number of anilines is 3. The van der Waals surface area contributed by atoms with Gasteiger partial charge in [0.2, 0.25) is 17.8 Å². The molecule has 6 nitrogen and oxygen atoms in total. The molecule has 3 heterocycles. The Kier molecular flexibility index (Phi) is 4.41. The lowest BCUT2D eigenvalue weighted by Gasteiger charge is -2.32. The monoisotopic (exact) mass is 290 g/mol. The third-order valence-electron chi connectivity index (χ3n) is 4.60. The number of hydrogen-bond donors (Lipinski definition) is 1. The van der Waals surface area contributed by atoms with E-state index in [1.807, 2.05) is 7.05 Å². The molecule has 0 spiro atoms. The molecule has 1 aromatic rings. The van der Waals surface area contributed by atoms with E-state index < -0.39 is 0 Å². The summed E-state index contributed by atoms with van der Waals surface area (Å²) in [5.74, 6) is 3.12. The molecule has 1 unspecified atom stereocenters. The molecule has 2 saturated heterocycles. The minimum absolute atomic E-state index is 0.681. The summed E-state index contributed by atoms with van der Waals surface area (Å²) in [6, 6.07) is 0. The molecule has 2 aliphatic rings. The number of nitrogens with zero attached hydrogens (tertiary/aromatic N) is 5. The Morgan fingerprint density at radius 2 is 1.67 bits per heavy atom. The van der Waals surface area contributed by atoms with Gasteiger partial charge in [-0.1, -0.05) is 13.3 Å². The van der Waals surface area contributed by atoms with Crippen LogP contribution in [0.15, 0.2) is 0 Å². The van der Waals surface area contributed by atoms with Crippen molar-refractivity contribution in [2.45, 2.75) is 39.0 Å². The fourth-order valence-corrected chi connectivity index (χ4v) is 3.25. The van der Waals surface area contributed by atoms with Crippen LogP contribution in [0.25, 0.3) is 0 Å². The number of rotatable bonds is 4. The standard InChI is InChI=1S/C15H26N6/c1-3-12-7-6-10-21(11-12)15-18-13(16-2)17-14(19-15)20-8-4-5-9-20/h12H,3-11H2,1-2H3,(H,16,17,18,19). The molecular formula is C15H26N6. The van der Waals surface area contributed by atoms with E-state index in [9.17, 15) is 0 Å². The van der Waals surface area contributed by atoms with Crippen LogP contribution in [0.1, 0.15) is 39.0 Å². The van der Waals surface area contributed by atoms with Crippen molar-refractivity contribution >= 4 is 17.8 Å². The summed E-state index contributed by atoms with van der Waals surface area (Å²) >= 11 is 0. The molecule has 0 radical (unpaired) electrons. The van der Waals surface area contributed by atoms with E-state index >= 15 is 0 Å². The van der Waals surface area contributed by atoms with Gasteiger partial charge in [0.25, 0.3) is 0 Å². The van der Waals surface area contributed by atoms with Gasteiger partial charge in [0.1, 0.15) is 0 Å². The van der Waals surface area contributed by atoms with Gasteiger partial charge in [-0.2, -0.15) is 15.0 Å². The Balaban J connectivity index is 1.84. The van der Waals surface area contributed by atoms with E-state index in [1.54, 1.807) is 0 Å². The molecule has 2 aliphatic heterocycles. The topological polar surface area (TPSA) is 57.2 Å². The third-order valence-corrected chi connectivity index (χ3v) is 4.60. The maximum Gasteiger partial charge on any atom is 0.231 e. The predicted octanol–water partition coefficient (Wildman–Crippen LogP) is 2.14. The zero-order chi connectivity index (χ0) is 14.7. The molecule has 1 atom stereocenters. The van der Waals surface area contributed by atoms with E-state index in [-0.39, 0.29) is 0 Å². The minimum Gasteiger partial charge on any atom is -0.357 e. The normalized spacial score (nSPS) is 22.7. The SMILES string of the molecule is CCC1CCCN(c2nc(NC)nc(N3CCCC3)n2)C1. The summed E-state index contributed by atoms with van der Waals surface area (Å²) in [6.07, 6.45) is 6.27. The van der Waals surface area contributed by atoms with Crippen LogP contribution < -0.4 is 15.1 Å². The van der Waals surface area contributed by atoms with Gasteiger partial charge in [0.15, 0.2) is 0 Å². The van der Waals surface area contributed by atoms with Crippen LogP contribution in [0.5, 0.6) is 0 Å². The second-order valence-electron chi connectivity index (χ2n) is 6.07. The molecular weight excluding hydrogens is 264 g/mol. The van der Waals surface area contributed by atoms with Crippen molar-refractivity contribution in [3.8, 4) is 0 Å². The molecule has 0 amide bonds. The highest BCUT2D eigenvalue weighted by Gasteiger charge is 2.23. The van der Waals surface area contributed by atoms with Gasteiger partial charge in [-0.25, -0.2) is 0 Å². The van der Waals surface area contributed by atoms with Crippen molar-refractivity contribution in [1.82, 2.24) is 15.0 Å². The van der Waals surface area contributed by atoms with Crippen molar-refractivity contribution in [1.29, 1.82) is 0 Å². The summed E-state index contributed by atoms with van der Waals surface area (Å²) in [5.41, 5.74) is 0. The first-order chi connectivity index (χ1) is 10.3. The van der Waals surface area contributed by atoms with E-state index in [0.29, 0.717) is 5.95 Å². The van der Waals surface area contributed by atoms with Crippen molar-refractivity contribution in [2.24, 2.45) is 5.92 Å². The Bertz CT molecular complexity index is 471. The zero-order valence-corrected chi connectivity index (χ0v) is 13.2. The van der Waals surface area contributed by atoms with Gasteiger partial charge in [-0.05, 0) is 31.6 Å². The van der Waals surface area contributed by atoms with Gasteiger partial charge < -0.3 is 15.1 Å². The molecule has 0 saturated carbocycles. The number of piperidine rings is 1. The van der Waals surface area contributed by atoms with E-state index in [4.69, 9.17) is 4.98 Å². The maximum absolute atomic E-state index is 4.75. The van der Waals surface area contributed by atoms with E-state index in [2.05, 4.69) is 32.0 Å². The van der Waals surface area contributed by atoms with Crippen molar-refractivity contribution in [3.63, 3.8) is 0 Å². The Labute approximate surface area is 127 Å². The highest BCUT2D eigenvalue weighted by molar-refractivity contribution is 5.45. The van der Waals surface area contributed by atoms with Gasteiger partial charge in [-0.3, -0.25) is 0 Å². The smallest absolute Gasteiger partial charge is 0.231 e. The van der Waals surface area contributed by atoms with Crippen molar-refractivity contribution in [3.05, 3.63) is 0 Å². The van der Waals surface area contributed by atoms with Gasteiger partial charge in [-0.15, -0.1) is 0 Å². The molecule has 2 fully saturated rings. The average molecular weight is 290 g/mol. The van der Waals surface area contributed by atoms with Crippen LogP contribution in [0.2, 0.25) is 0 Å². The number of aromatic nitrogens is 3. The molecule has 0 aliphatic carbocycles. The molecule has 21 heavy (non-hydrogen) atoms. The molecule has 0 aromatic carbocycles. The molecule has 1 N–H and O–H groups in total. The van der Waals surface area contributed by atoms with Crippen molar-refractivity contribution < 1.29 is 0 Å². The first-order valence-corrected chi connectivity index (χ1v) is 8.24. The number of nitrogens with one attached hydrogen (secondary N) is 1. The van der Waals surface area contributed by atoms with Gasteiger partial charge in [0.05, 0.1) is 0 Å². The first kappa shape index (κ1) is 14.4. The molecule has 1 aromatic heterocycles. The second kappa shape index (κ2) is 6.45. The maximum atomic E-state index is 4.75. The number of hydrogen-bond acceptors (Lipinski definition) is 6. The lowest BCUT2D eigenvalue weighted by atomic mass is 9.96. The van der Waals surface area contributed by atoms with Crippen LogP contribution in [0.4, 0.5) is 17.8 Å². The lowest BCUT2D eigenvalue weighted by Crippen LogP contribution is -2.37. The van der Waals surface area contributed by atoms with Crippen molar-refractivity contribution in [2.75, 3.05) is 48.3 Å². The van der Waals surface area contributed by atoms with Crippen LogP contribution in [0, 0.1) is 5.92 Å². The predicted molar refractivity (Wildman–Crippen MR) is 86.0 cm³/mol. The zero-order valence-electron chi connectivity index (χ0n) is 13.2. The van der Waals surface area contributed by atoms with Gasteiger partial charge in [0, 0.05) is 33.2 Å². The minimum atomic E-state index is 0.681. The Morgan fingerprint density at radius 3 is 2.33 bits per heavy atom. The third kappa shape index (κ3) is 3.19. The lowest BCUT2D eigenvalue weighted by molar-refractivity contribution is 0.401. The van der Waals surface area contributed by atoms with Crippen LogP contribution in [0.3, 0.4) is 0 Å². The van der Waals surface area contributed by atoms with Crippen LogP contribution in [-0.4, -0.2) is 48.2 Å². The Morgan fingerprint density at radius 1 is 1.00 bits per heavy atom. The van der Waals surface area contributed by atoms with E-state index in [1.165, 1.54) is 32.1 Å². The quantitative estimate of drug-likeness (QED) is 0.917. The fraction of sp³-hybridized carbons (Fsp3) is 0.800. The molecule has 6 heteroatoms. The molecule has 3 rings (SSSR count). The van der Waals surface area contributed by atoms with Gasteiger partial charge >= 0.3 is 0 Å². The molecule has 0 bridgehead atoms. The highest BCUT2D eigenvalue weighted by Crippen LogP contribution is 2.25. The second-order valence-corrected chi connectivity index (χ2v) is 6.07. The van der Waals surface area contributed by atoms with E-state index in [0.717, 1.165) is 44.0 Å². The summed E-state index contributed by atoms with van der Waals surface area (Å²) in [4.78, 5) is 18.5. The fourth-order valence-electron chi connectivity index (χ4n) is 3.25. The summed E-state index contributed by atoms with van der Waals surface area (Å²) in [7, 11) is 1.87. The summed E-state index contributed by atoms with van der Waals surface area (Å²) in [5, 5.41) is 3.08. The Hall–Kier alpha value is -1.59. The van der Waals surface area contributed by atoms with Crippen LogP contribution >= 0.6 is 0 Å². The average Bonchev–Trinajstić information content (AvgIpc) is 3.09. The van der Waals surface area contributed by atoms with Crippen LogP contribution in [-0.2, 0) is 0 Å².